The van der Waals surface area contributed by atoms with Gasteiger partial charge >= 0.3 is 5.97 Å². The molecule has 0 aromatic heterocycles. The number of amides is 5. The van der Waals surface area contributed by atoms with Gasteiger partial charge in [-0.25, -0.2) is 0 Å². The van der Waals surface area contributed by atoms with Gasteiger partial charge in [0.2, 0.25) is 35.8 Å². The van der Waals surface area contributed by atoms with Gasteiger partial charge in [-0.3, -0.25) is 33.6 Å². The average molecular weight is 598 g/mol. The van der Waals surface area contributed by atoms with Gasteiger partial charge in [0.05, 0.1) is 24.9 Å². The van der Waals surface area contributed by atoms with Crippen molar-refractivity contribution in [3.8, 4) is 0 Å². The van der Waals surface area contributed by atoms with Crippen molar-refractivity contribution in [3.63, 3.8) is 0 Å². The lowest BCUT2D eigenvalue weighted by Gasteiger charge is -2.28. The Kier molecular flexibility index (Phi) is 15.9. The molecule has 0 rings (SSSR count). The van der Waals surface area contributed by atoms with Crippen LogP contribution in [0.15, 0.2) is 0 Å². The fraction of sp³-hybridized carbons (Fsp3) is 0.750. The van der Waals surface area contributed by atoms with E-state index < -0.39 is 90.1 Å². The first-order valence-corrected chi connectivity index (χ1v) is 14.0. The van der Waals surface area contributed by atoms with Crippen LogP contribution < -0.4 is 32.7 Å². The first-order chi connectivity index (χ1) is 19.2. The Balaban J connectivity index is 6.05. The number of esters is 1. The number of hydrogen-bond donors (Lipinski definition) is 6. The van der Waals surface area contributed by atoms with Gasteiger partial charge in [-0.05, 0) is 44.9 Å². The Hall–Kier alpha value is -3.55. The first-order valence-electron chi connectivity index (χ1n) is 14.0. The highest BCUT2D eigenvalue weighted by atomic mass is 16.6. The molecule has 239 valence electrons. The molecule has 1 radical (unpaired) electrons. The maximum atomic E-state index is 13.3. The zero-order chi connectivity index (χ0) is 32.9. The molecule has 42 heavy (non-hydrogen) atoms. The number of rotatable bonds is 17. The van der Waals surface area contributed by atoms with Crippen molar-refractivity contribution in [2.24, 2.45) is 29.2 Å². The van der Waals surface area contributed by atoms with E-state index in [1.807, 2.05) is 13.8 Å². The van der Waals surface area contributed by atoms with Crippen molar-refractivity contribution in [1.29, 1.82) is 0 Å². The summed E-state index contributed by atoms with van der Waals surface area (Å²) in [7, 11) is 0. The number of nitrogens with one attached hydrogen (secondary N) is 4. The quantitative estimate of drug-likeness (QED) is 0.117. The molecule has 0 aliphatic carbocycles. The van der Waals surface area contributed by atoms with Gasteiger partial charge in [-0.15, -0.1) is 0 Å². The SMILES string of the molecule is CC(C)C[C@@H]([C]=O)NC(=O)[C@H](CC(=O)OC(C)(C)C)NC(=O)[C@H](CC(N)=O)NC(=O)[C@@H](NC(=O)[C@@H](N)C(C)C)C(C)C. The van der Waals surface area contributed by atoms with Crippen molar-refractivity contribution >= 4 is 41.8 Å². The minimum absolute atomic E-state index is 0.0234. The highest BCUT2D eigenvalue weighted by Gasteiger charge is 2.34. The summed E-state index contributed by atoms with van der Waals surface area (Å²) in [5.41, 5.74) is 10.3. The zero-order valence-electron chi connectivity index (χ0n) is 26.2. The summed E-state index contributed by atoms with van der Waals surface area (Å²) in [5.74, 6) is -5.64. The van der Waals surface area contributed by atoms with Crippen molar-refractivity contribution in [2.45, 2.75) is 117 Å². The normalized spacial score (nSPS) is 15.2. The fourth-order valence-electron chi connectivity index (χ4n) is 3.67. The highest BCUT2D eigenvalue weighted by Crippen LogP contribution is 2.11. The van der Waals surface area contributed by atoms with E-state index in [1.165, 1.54) is 0 Å². The lowest BCUT2D eigenvalue weighted by atomic mass is 9.99. The molecule has 0 spiro atoms. The van der Waals surface area contributed by atoms with E-state index in [4.69, 9.17) is 16.2 Å². The van der Waals surface area contributed by atoms with Crippen molar-refractivity contribution in [2.75, 3.05) is 0 Å². The van der Waals surface area contributed by atoms with E-state index in [-0.39, 0.29) is 18.3 Å². The van der Waals surface area contributed by atoms with Crippen LogP contribution >= 0.6 is 0 Å². The minimum Gasteiger partial charge on any atom is -0.460 e. The van der Waals surface area contributed by atoms with E-state index in [0.29, 0.717) is 0 Å². The number of hydrogen-bond acceptors (Lipinski definition) is 9. The molecule has 14 heteroatoms. The third-order valence-corrected chi connectivity index (χ3v) is 5.90. The van der Waals surface area contributed by atoms with Crippen LogP contribution in [0.25, 0.3) is 0 Å². The average Bonchev–Trinajstić information content (AvgIpc) is 2.82. The summed E-state index contributed by atoms with van der Waals surface area (Å²) in [6, 6.07) is -6.12. The largest absolute Gasteiger partial charge is 0.460 e. The number of nitrogens with two attached hydrogens (primary N) is 2. The smallest absolute Gasteiger partial charge is 0.308 e. The molecule has 0 aromatic carbocycles. The van der Waals surface area contributed by atoms with E-state index in [9.17, 15) is 33.6 Å². The minimum atomic E-state index is -1.56. The third-order valence-electron chi connectivity index (χ3n) is 5.90. The second-order valence-electron chi connectivity index (χ2n) is 12.4. The number of ether oxygens (including phenoxy) is 1. The molecule has 0 bridgehead atoms. The third kappa shape index (κ3) is 14.9. The summed E-state index contributed by atoms with van der Waals surface area (Å²) in [5, 5.41) is 9.76. The van der Waals surface area contributed by atoms with E-state index in [1.54, 1.807) is 54.8 Å². The van der Waals surface area contributed by atoms with Crippen LogP contribution in [-0.4, -0.2) is 77.6 Å². The number of carbonyl (C=O) groups excluding carboxylic acids is 7. The van der Waals surface area contributed by atoms with Gasteiger partial charge in [0.25, 0.3) is 0 Å². The van der Waals surface area contributed by atoms with Crippen LogP contribution in [0.3, 0.4) is 0 Å². The van der Waals surface area contributed by atoms with Gasteiger partial charge in [0.15, 0.2) is 0 Å². The van der Waals surface area contributed by atoms with Gasteiger partial charge in [0.1, 0.15) is 23.7 Å². The molecule has 8 N–H and O–H groups in total. The van der Waals surface area contributed by atoms with Gasteiger partial charge in [-0.1, -0.05) is 41.5 Å². The van der Waals surface area contributed by atoms with E-state index in [2.05, 4.69) is 21.3 Å². The molecule has 0 fully saturated rings. The summed E-state index contributed by atoms with van der Waals surface area (Å²) < 4.78 is 5.27. The molecule has 5 amide bonds. The molecule has 0 heterocycles. The topological polar surface area (TPSA) is 229 Å². The van der Waals surface area contributed by atoms with Crippen molar-refractivity contribution in [1.82, 2.24) is 21.3 Å². The Bertz CT molecular complexity index is 976. The second kappa shape index (κ2) is 17.4. The van der Waals surface area contributed by atoms with Gasteiger partial charge < -0.3 is 37.5 Å². The summed E-state index contributed by atoms with van der Waals surface area (Å²) in [4.78, 5) is 87.8. The lowest BCUT2D eigenvalue weighted by molar-refractivity contribution is -0.156. The predicted molar refractivity (Wildman–Crippen MR) is 155 cm³/mol. The maximum Gasteiger partial charge on any atom is 0.308 e. The maximum absolute atomic E-state index is 13.3. The van der Waals surface area contributed by atoms with Crippen LogP contribution in [0.1, 0.15) is 81.6 Å². The van der Waals surface area contributed by atoms with Crippen molar-refractivity contribution < 1.29 is 38.3 Å². The fourth-order valence-corrected chi connectivity index (χ4v) is 3.67. The summed E-state index contributed by atoms with van der Waals surface area (Å²) in [6.45, 7) is 15.3. The van der Waals surface area contributed by atoms with Crippen LogP contribution in [0.2, 0.25) is 0 Å². The van der Waals surface area contributed by atoms with E-state index >= 15 is 0 Å². The molecule has 0 aliphatic heterocycles. The van der Waals surface area contributed by atoms with Gasteiger partial charge in [-0.2, -0.15) is 0 Å². The molecule has 0 saturated heterocycles. The molecule has 0 aromatic rings. The molecule has 14 nitrogen and oxygen atoms in total. The van der Waals surface area contributed by atoms with Crippen LogP contribution in [0, 0.1) is 17.8 Å². The van der Waals surface area contributed by atoms with Crippen LogP contribution in [-0.2, 0) is 38.3 Å². The molecular formula is C28H49N6O8. The molecule has 0 saturated carbocycles. The Morgan fingerprint density at radius 2 is 1.24 bits per heavy atom. The number of primary amides is 1. The Labute approximate surface area is 248 Å². The molecular weight excluding hydrogens is 548 g/mol. The monoisotopic (exact) mass is 597 g/mol. The van der Waals surface area contributed by atoms with E-state index in [0.717, 1.165) is 0 Å². The lowest BCUT2D eigenvalue weighted by Crippen LogP contribution is -2.60. The first kappa shape index (κ1) is 38.4. The standard InChI is InChI=1S/C28H49N6O8/c1-14(2)10-17(13-35)31-24(38)19(12-21(37)42-28(7,8)9)32-25(39)18(11-20(29)36)33-27(41)23(16(5)6)34-26(40)22(30)15(3)4/h14-19,22-23H,10-12,30H2,1-9H3,(H2,29,36)(H,31,38)(H,32,39)(H,33,41)(H,34,40)/t17-,18-,19-,22-,23-/m0/s1. The molecule has 0 aliphatic rings. The second-order valence-corrected chi connectivity index (χ2v) is 12.4. The van der Waals surface area contributed by atoms with Crippen LogP contribution in [0.5, 0.6) is 0 Å². The highest BCUT2D eigenvalue weighted by molar-refractivity contribution is 5.98. The Morgan fingerprint density at radius 1 is 0.738 bits per heavy atom. The summed E-state index contributed by atoms with van der Waals surface area (Å²) >= 11 is 0. The number of carbonyl (C=O) groups is 6. The van der Waals surface area contributed by atoms with Crippen molar-refractivity contribution in [3.05, 3.63) is 0 Å². The summed E-state index contributed by atoms with van der Waals surface area (Å²) in [6.07, 6.45) is 0.709. The molecule has 5 atom stereocenters. The Morgan fingerprint density at radius 3 is 1.67 bits per heavy atom. The van der Waals surface area contributed by atoms with Gasteiger partial charge in [0, 0.05) is 0 Å². The zero-order valence-corrected chi connectivity index (χ0v) is 26.2. The van der Waals surface area contributed by atoms with Crippen LogP contribution in [0.4, 0.5) is 0 Å². The molecule has 0 unspecified atom stereocenters. The predicted octanol–water partition coefficient (Wildman–Crippen LogP) is -0.672.